The van der Waals surface area contributed by atoms with Gasteiger partial charge in [0.2, 0.25) is 0 Å². The maximum Gasteiger partial charge on any atom is 0.159 e. The van der Waals surface area contributed by atoms with E-state index in [2.05, 4.69) is 50.1 Å². The minimum absolute atomic E-state index is 0.746. The van der Waals surface area contributed by atoms with E-state index in [1.54, 1.807) is 12.4 Å². The van der Waals surface area contributed by atoms with Crippen LogP contribution in [-0.4, -0.2) is 36.8 Å². The standard InChI is InChI=1S/C17H19N5/c1-18-11-15(19-2)12-22-9-6-13-4-5-14(10-16(13)22)17-20-7-3-8-21-17/h3-5,7-8,10-11,18H,2,6,9,12H2,1H3/b15-11-. The van der Waals surface area contributed by atoms with Crippen molar-refractivity contribution in [2.45, 2.75) is 6.42 Å². The summed E-state index contributed by atoms with van der Waals surface area (Å²) in [6.45, 7) is 5.38. The molecule has 1 aromatic carbocycles. The van der Waals surface area contributed by atoms with Crippen LogP contribution in [0.25, 0.3) is 11.4 Å². The summed E-state index contributed by atoms with van der Waals surface area (Å²) in [7, 11) is 1.87. The third-order valence-corrected chi connectivity index (χ3v) is 3.77. The van der Waals surface area contributed by atoms with Gasteiger partial charge in [-0.2, -0.15) is 0 Å². The van der Waals surface area contributed by atoms with Crippen molar-refractivity contribution < 1.29 is 0 Å². The lowest BCUT2D eigenvalue weighted by Gasteiger charge is -2.20. The molecule has 5 heteroatoms. The number of nitrogens with zero attached hydrogens (tertiary/aromatic N) is 4. The highest BCUT2D eigenvalue weighted by atomic mass is 15.2. The lowest BCUT2D eigenvalue weighted by atomic mass is 10.1. The summed E-state index contributed by atoms with van der Waals surface area (Å²) in [5.41, 5.74) is 4.55. The molecular weight excluding hydrogens is 274 g/mol. The van der Waals surface area contributed by atoms with Crippen LogP contribution in [-0.2, 0) is 6.42 Å². The van der Waals surface area contributed by atoms with Crippen LogP contribution in [0.4, 0.5) is 5.69 Å². The molecule has 1 aromatic heterocycles. The lowest BCUT2D eigenvalue weighted by molar-refractivity contribution is 0.864. The van der Waals surface area contributed by atoms with E-state index in [4.69, 9.17) is 0 Å². The monoisotopic (exact) mass is 293 g/mol. The highest BCUT2D eigenvalue weighted by molar-refractivity contribution is 5.68. The molecule has 0 bridgehead atoms. The first-order valence-electron chi connectivity index (χ1n) is 7.30. The van der Waals surface area contributed by atoms with Crippen LogP contribution in [0.5, 0.6) is 0 Å². The fourth-order valence-electron chi connectivity index (χ4n) is 2.70. The molecule has 2 heterocycles. The summed E-state index contributed by atoms with van der Waals surface area (Å²) in [4.78, 5) is 15.0. The van der Waals surface area contributed by atoms with Gasteiger partial charge in [0.15, 0.2) is 5.82 Å². The number of nitrogens with one attached hydrogen (secondary N) is 1. The van der Waals surface area contributed by atoms with Gasteiger partial charge < -0.3 is 10.2 Å². The first kappa shape index (κ1) is 14.3. The van der Waals surface area contributed by atoms with E-state index in [0.29, 0.717) is 0 Å². The van der Waals surface area contributed by atoms with Crippen molar-refractivity contribution in [2.24, 2.45) is 4.99 Å². The zero-order valence-corrected chi connectivity index (χ0v) is 12.7. The Bertz CT molecular complexity index is 693. The Kier molecular flexibility index (Phi) is 4.14. The molecule has 0 spiro atoms. The molecule has 0 radical (unpaired) electrons. The summed E-state index contributed by atoms with van der Waals surface area (Å²) >= 11 is 0. The molecular formula is C17H19N5. The molecule has 0 fully saturated rings. The molecule has 0 unspecified atom stereocenters. The van der Waals surface area contributed by atoms with Gasteiger partial charge in [-0.25, -0.2) is 9.97 Å². The molecule has 1 aliphatic heterocycles. The average molecular weight is 293 g/mol. The number of hydrogen-bond acceptors (Lipinski definition) is 5. The van der Waals surface area contributed by atoms with Crippen LogP contribution in [0, 0.1) is 0 Å². The average Bonchev–Trinajstić information content (AvgIpc) is 2.97. The minimum atomic E-state index is 0.746. The van der Waals surface area contributed by atoms with Crippen LogP contribution in [0.1, 0.15) is 5.56 Å². The van der Waals surface area contributed by atoms with Crippen LogP contribution < -0.4 is 10.2 Å². The van der Waals surface area contributed by atoms with E-state index in [0.717, 1.165) is 36.6 Å². The largest absolute Gasteiger partial charge is 0.392 e. The number of aliphatic imine (C=N–C) groups is 1. The Labute approximate surface area is 130 Å². The third-order valence-electron chi connectivity index (χ3n) is 3.77. The van der Waals surface area contributed by atoms with Gasteiger partial charge in [0.1, 0.15) is 0 Å². The quantitative estimate of drug-likeness (QED) is 0.859. The second-order valence-electron chi connectivity index (χ2n) is 5.17. The predicted octanol–water partition coefficient (Wildman–Crippen LogP) is 2.27. The predicted molar refractivity (Wildman–Crippen MR) is 90.1 cm³/mol. The molecule has 0 atom stereocenters. The van der Waals surface area contributed by atoms with Crippen LogP contribution >= 0.6 is 0 Å². The zero-order chi connectivity index (χ0) is 15.4. The van der Waals surface area contributed by atoms with Gasteiger partial charge in [0.05, 0.1) is 12.2 Å². The maximum absolute atomic E-state index is 4.33. The normalized spacial score (nSPS) is 13.9. The summed E-state index contributed by atoms with van der Waals surface area (Å²) in [5, 5.41) is 3.01. The van der Waals surface area contributed by atoms with E-state index in [9.17, 15) is 0 Å². The lowest BCUT2D eigenvalue weighted by Crippen LogP contribution is -2.23. The Morgan fingerprint density at radius 3 is 2.95 bits per heavy atom. The summed E-state index contributed by atoms with van der Waals surface area (Å²) < 4.78 is 0. The van der Waals surface area contributed by atoms with Crippen LogP contribution in [0.2, 0.25) is 0 Å². The van der Waals surface area contributed by atoms with Gasteiger partial charge in [0, 0.05) is 43.4 Å². The van der Waals surface area contributed by atoms with Crippen molar-refractivity contribution >= 4 is 12.4 Å². The fourth-order valence-corrected chi connectivity index (χ4v) is 2.70. The second kappa shape index (κ2) is 6.39. The molecule has 0 aliphatic carbocycles. The van der Waals surface area contributed by atoms with Crippen molar-refractivity contribution in [1.29, 1.82) is 0 Å². The van der Waals surface area contributed by atoms with Crippen LogP contribution in [0.15, 0.2) is 53.5 Å². The molecule has 0 saturated carbocycles. The molecule has 22 heavy (non-hydrogen) atoms. The van der Waals surface area contributed by atoms with Crippen molar-refractivity contribution in [1.82, 2.24) is 15.3 Å². The number of aromatic nitrogens is 2. The number of benzene rings is 1. The van der Waals surface area contributed by atoms with E-state index in [1.807, 2.05) is 19.3 Å². The Morgan fingerprint density at radius 1 is 1.41 bits per heavy atom. The van der Waals surface area contributed by atoms with Gasteiger partial charge in [0.25, 0.3) is 0 Å². The van der Waals surface area contributed by atoms with Crippen molar-refractivity contribution in [2.75, 3.05) is 25.0 Å². The Balaban J connectivity index is 1.89. The Morgan fingerprint density at radius 2 is 2.23 bits per heavy atom. The summed E-state index contributed by atoms with van der Waals surface area (Å²) in [6.07, 6.45) is 6.47. The van der Waals surface area contributed by atoms with Crippen molar-refractivity contribution in [3.8, 4) is 11.4 Å². The van der Waals surface area contributed by atoms with Gasteiger partial charge in [-0.1, -0.05) is 12.1 Å². The molecule has 1 N–H and O–H groups in total. The number of rotatable bonds is 5. The Hall–Kier alpha value is -2.69. The van der Waals surface area contributed by atoms with Gasteiger partial charge >= 0.3 is 0 Å². The second-order valence-corrected chi connectivity index (χ2v) is 5.17. The molecule has 112 valence electrons. The number of anilines is 1. The smallest absolute Gasteiger partial charge is 0.159 e. The highest BCUT2D eigenvalue weighted by Gasteiger charge is 2.20. The molecule has 5 nitrogen and oxygen atoms in total. The SMILES string of the molecule is C=N/C(=C\NC)CN1CCc2ccc(-c3ncccn3)cc21. The zero-order valence-electron chi connectivity index (χ0n) is 12.7. The van der Waals surface area contributed by atoms with Gasteiger partial charge in [-0.15, -0.1) is 0 Å². The topological polar surface area (TPSA) is 53.4 Å². The summed E-state index contributed by atoms with van der Waals surface area (Å²) in [6, 6.07) is 8.25. The van der Waals surface area contributed by atoms with E-state index in [-0.39, 0.29) is 0 Å². The molecule has 1 aliphatic rings. The van der Waals surface area contributed by atoms with E-state index < -0.39 is 0 Å². The van der Waals surface area contributed by atoms with E-state index >= 15 is 0 Å². The third kappa shape index (κ3) is 2.83. The number of fused-ring (bicyclic) bond motifs is 1. The van der Waals surface area contributed by atoms with Gasteiger partial charge in [-0.05, 0) is 30.8 Å². The first-order chi connectivity index (χ1) is 10.8. The molecule has 0 saturated heterocycles. The van der Waals surface area contributed by atoms with Gasteiger partial charge in [-0.3, -0.25) is 4.99 Å². The van der Waals surface area contributed by atoms with Crippen molar-refractivity contribution in [3.05, 3.63) is 54.1 Å². The van der Waals surface area contributed by atoms with E-state index in [1.165, 1.54) is 11.3 Å². The highest BCUT2D eigenvalue weighted by Crippen LogP contribution is 2.32. The summed E-state index contributed by atoms with van der Waals surface area (Å²) in [5.74, 6) is 0.755. The molecule has 0 amide bonds. The fraction of sp³-hybridized carbons (Fsp3) is 0.235. The molecule has 2 aromatic rings. The minimum Gasteiger partial charge on any atom is -0.392 e. The maximum atomic E-state index is 4.33. The van der Waals surface area contributed by atoms with Crippen LogP contribution in [0.3, 0.4) is 0 Å². The molecule has 3 rings (SSSR count). The van der Waals surface area contributed by atoms with Crippen molar-refractivity contribution in [3.63, 3.8) is 0 Å². The first-order valence-corrected chi connectivity index (χ1v) is 7.30. The number of hydrogen-bond donors (Lipinski definition) is 1.